The Morgan fingerprint density at radius 3 is 2.41 bits per heavy atom. The summed E-state index contributed by atoms with van der Waals surface area (Å²) in [6.07, 6.45) is 5.06. The number of carbonyl (C=O) groups excluding carboxylic acids is 2. The number of hydrogen-bond acceptors (Lipinski definition) is 4. The first-order valence-corrected chi connectivity index (χ1v) is 13.7. The number of nitrogens with zero attached hydrogens (tertiary/aromatic N) is 2. The molecule has 1 N–H and O–H groups in total. The van der Waals surface area contributed by atoms with Crippen LogP contribution in [0.5, 0.6) is 0 Å². The number of benzene rings is 2. The lowest BCUT2D eigenvalue weighted by Crippen LogP contribution is -2.52. The summed E-state index contributed by atoms with van der Waals surface area (Å²) < 4.78 is 26.2. The van der Waals surface area contributed by atoms with Gasteiger partial charge < -0.3 is 10.2 Å². The fraction of sp³-hybridized carbons (Fsp3) is 0.440. The van der Waals surface area contributed by atoms with Crippen LogP contribution >= 0.6 is 11.6 Å². The summed E-state index contributed by atoms with van der Waals surface area (Å²) in [5.41, 5.74) is 2.17. The van der Waals surface area contributed by atoms with Crippen molar-refractivity contribution >= 4 is 39.1 Å². The molecule has 2 aromatic rings. The maximum atomic E-state index is 13.6. The largest absolute Gasteiger partial charge is 0.352 e. The van der Waals surface area contributed by atoms with Crippen LogP contribution < -0.4 is 9.62 Å². The van der Waals surface area contributed by atoms with E-state index in [1.807, 2.05) is 31.2 Å². The highest BCUT2D eigenvalue weighted by molar-refractivity contribution is 7.92. The number of amides is 2. The van der Waals surface area contributed by atoms with E-state index in [0.29, 0.717) is 10.7 Å². The summed E-state index contributed by atoms with van der Waals surface area (Å²) in [5, 5.41) is 3.42. The van der Waals surface area contributed by atoms with E-state index in [1.54, 1.807) is 25.1 Å². The first-order chi connectivity index (χ1) is 16.1. The molecule has 1 fully saturated rings. The molecular weight excluding hydrogens is 474 g/mol. The van der Waals surface area contributed by atoms with E-state index in [9.17, 15) is 18.0 Å². The van der Waals surface area contributed by atoms with Crippen molar-refractivity contribution < 1.29 is 18.0 Å². The van der Waals surface area contributed by atoms with Crippen LogP contribution in [0.1, 0.15) is 43.7 Å². The maximum Gasteiger partial charge on any atom is 0.244 e. The standard InChI is InChI=1S/C25H32ClN3O4S/c1-18-9-4-5-10-20(18)16-28(19(2)25(31)27-22-12-6-7-13-22)24(30)17-29(34(3,32)33)23-14-8-11-21(26)15-23/h4-5,8-11,14-15,19,22H,6-7,12-13,16-17H2,1-3H3,(H,27,31)/t19-/m0/s1. The molecule has 0 bridgehead atoms. The minimum atomic E-state index is -3.78. The van der Waals surface area contributed by atoms with Crippen LogP contribution in [-0.4, -0.2) is 50.0 Å². The summed E-state index contributed by atoms with van der Waals surface area (Å²) in [5.74, 6) is -0.703. The molecule has 1 atom stereocenters. The zero-order chi connectivity index (χ0) is 24.9. The van der Waals surface area contributed by atoms with Crippen molar-refractivity contribution in [2.45, 2.75) is 58.2 Å². The van der Waals surface area contributed by atoms with E-state index in [2.05, 4.69) is 5.32 Å². The van der Waals surface area contributed by atoms with Gasteiger partial charge in [-0.1, -0.05) is 54.8 Å². The minimum Gasteiger partial charge on any atom is -0.352 e. The molecule has 0 saturated heterocycles. The minimum absolute atomic E-state index is 0.115. The Hall–Kier alpha value is -2.58. The van der Waals surface area contributed by atoms with Crippen LogP contribution in [-0.2, 0) is 26.2 Å². The van der Waals surface area contributed by atoms with Crippen molar-refractivity contribution in [1.29, 1.82) is 0 Å². The van der Waals surface area contributed by atoms with Crippen molar-refractivity contribution in [2.75, 3.05) is 17.1 Å². The van der Waals surface area contributed by atoms with Gasteiger partial charge in [0.15, 0.2) is 0 Å². The Labute approximate surface area is 207 Å². The van der Waals surface area contributed by atoms with Crippen LogP contribution in [0, 0.1) is 6.92 Å². The third-order valence-corrected chi connectivity index (χ3v) is 7.62. The fourth-order valence-electron chi connectivity index (χ4n) is 4.19. The van der Waals surface area contributed by atoms with Crippen molar-refractivity contribution in [3.63, 3.8) is 0 Å². The molecule has 1 aliphatic rings. The quantitative estimate of drug-likeness (QED) is 0.560. The van der Waals surface area contributed by atoms with Crippen LogP contribution in [0.2, 0.25) is 5.02 Å². The molecular formula is C25H32ClN3O4S. The zero-order valence-electron chi connectivity index (χ0n) is 19.8. The van der Waals surface area contributed by atoms with Crippen molar-refractivity contribution in [2.24, 2.45) is 0 Å². The summed E-state index contributed by atoms with van der Waals surface area (Å²) in [6, 6.07) is 13.3. The molecule has 0 unspecified atom stereocenters. The first kappa shape index (κ1) is 26.0. The Bertz CT molecular complexity index is 1130. The van der Waals surface area contributed by atoms with Crippen LogP contribution in [0.4, 0.5) is 5.69 Å². The Kier molecular flexibility index (Phi) is 8.60. The molecule has 3 rings (SSSR count). The van der Waals surface area contributed by atoms with E-state index < -0.39 is 28.5 Å². The summed E-state index contributed by atoms with van der Waals surface area (Å²) in [7, 11) is -3.78. The number of halogens is 1. The van der Waals surface area contributed by atoms with Gasteiger partial charge >= 0.3 is 0 Å². The average Bonchev–Trinajstić information content (AvgIpc) is 3.28. The van der Waals surface area contributed by atoms with Crippen molar-refractivity contribution in [1.82, 2.24) is 10.2 Å². The molecule has 0 radical (unpaired) electrons. The summed E-state index contributed by atoms with van der Waals surface area (Å²) in [6.45, 7) is 3.38. The van der Waals surface area contributed by atoms with E-state index in [1.165, 1.54) is 11.0 Å². The van der Waals surface area contributed by atoms with Gasteiger partial charge in [0.25, 0.3) is 0 Å². The van der Waals surface area contributed by atoms with Crippen LogP contribution in [0.25, 0.3) is 0 Å². The van der Waals surface area contributed by atoms with E-state index in [0.717, 1.165) is 47.4 Å². The van der Waals surface area contributed by atoms with E-state index in [-0.39, 0.29) is 18.5 Å². The highest BCUT2D eigenvalue weighted by atomic mass is 35.5. The lowest BCUT2D eigenvalue weighted by Gasteiger charge is -2.32. The molecule has 0 heterocycles. The monoisotopic (exact) mass is 505 g/mol. The van der Waals surface area contributed by atoms with Gasteiger partial charge in [0.05, 0.1) is 11.9 Å². The summed E-state index contributed by atoms with van der Waals surface area (Å²) in [4.78, 5) is 28.1. The third-order valence-electron chi connectivity index (χ3n) is 6.25. The molecule has 0 aliphatic heterocycles. The van der Waals surface area contributed by atoms with Crippen molar-refractivity contribution in [3.8, 4) is 0 Å². The van der Waals surface area contributed by atoms with Gasteiger partial charge in [-0.05, 0) is 56.0 Å². The molecule has 1 saturated carbocycles. The maximum absolute atomic E-state index is 13.6. The van der Waals surface area contributed by atoms with Gasteiger partial charge in [-0.3, -0.25) is 13.9 Å². The highest BCUT2D eigenvalue weighted by Gasteiger charge is 2.31. The van der Waals surface area contributed by atoms with Gasteiger partial charge in [0.1, 0.15) is 12.6 Å². The molecule has 2 aromatic carbocycles. The molecule has 7 nitrogen and oxygen atoms in total. The lowest BCUT2D eigenvalue weighted by molar-refractivity contribution is -0.139. The van der Waals surface area contributed by atoms with E-state index in [4.69, 9.17) is 11.6 Å². The number of rotatable bonds is 9. The SMILES string of the molecule is Cc1ccccc1CN(C(=O)CN(c1cccc(Cl)c1)S(C)(=O)=O)[C@@H](C)C(=O)NC1CCCC1. The van der Waals surface area contributed by atoms with Crippen molar-refractivity contribution in [3.05, 3.63) is 64.7 Å². The second-order valence-corrected chi connectivity index (χ2v) is 11.2. The van der Waals surface area contributed by atoms with Crippen LogP contribution in [0.3, 0.4) is 0 Å². The predicted molar refractivity (Wildman–Crippen MR) is 135 cm³/mol. The topological polar surface area (TPSA) is 86.8 Å². The number of sulfonamides is 1. The summed E-state index contributed by atoms with van der Waals surface area (Å²) >= 11 is 6.07. The predicted octanol–water partition coefficient (Wildman–Crippen LogP) is 3.89. The molecule has 34 heavy (non-hydrogen) atoms. The first-order valence-electron chi connectivity index (χ1n) is 11.4. The van der Waals surface area contributed by atoms with Gasteiger partial charge in [0.2, 0.25) is 21.8 Å². The normalized spacial score (nSPS) is 15.1. The highest BCUT2D eigenvalue weighted by Crippen LogP contribution is 2.23. The second-order valence-electron chi connectivity index (χ2n) is 8.86. The van der Waals surface area contributed by atoms with Crippen LogP contribution in [0.15, 0.2) is 48.5 Å². The van der Waals surface area contributed by atoms with E-state index >= 15 is 0 Å². The molecule has 2 amide bonds. The number of carbonyl (C=O) groups is 2. The molecule has 1 aliphatic carbocycles. The Balaban J connectivity index is 1.89. The number of nitrogens with one attached hydrogen (secondary N) is 1. The molecule has 9 heteroatoms. The Morgan fingerprint density at radius 2 is 1.79 bits per heavy atom. The number of anilines is 1. The van der Waals surface area contributed by atoms with Gasteiger partial charge in [-0.15, -0.1) is 0 Å². The van der Waals surface area contributed by atoms with Gasteiger partial charge in [-0.2, -0.15) is 0 Å². The molecule has 184 valence electrons. The number of aryl methyl sites for hydroxylation is 1. The van der Waals surface area contributed by atoms with Gasteiger partial charge in [0, 0.05) is 17.6 Å². The average molecular weight is 506 g/mol. The smallest absolute Gasteiger partial charge is 0.244 e. The Morgan fingerprint density at radius 1 is 1.12 bits per heavy atom. The molecule has 0 aromatic heterocycles. The zero-order valence-corrected chi connectivity index (χ0v) is 21.4. The third kappa shape index (κ3) is 6.73. The van der Waals surface area contributed by atoms with Gasteiger partial charge in [-0.25, -0.2) is 8.42 Å². The second kappa shape index (κ2) is 11.2. The molecule has 0 spiro atoms. The lowest BCUT2D eigenvalue weighted by atomic mass is 10.1. The fourth-order valence-corrected chi connectivity index (χ4v) is 5.22. The number of hydrogen-bond donors (Lipinski definition) is 1.